The van der Waals surface area contributed by atoms with Crippen LogP contribution in [0.15, 0.2) is 24.3 Å². The Kier molecular flexibility index (Phi) is 3.04. The van der Waals surface area contributed by atoms with Gasteiger partial charge in [0.1, 0.15) is 17.5 Å². The number of halogens is 1. The number of nitrogens with one attached hydrogen (secondary N) is 1. The van der Waals surface area contributed by atoms with Crippen molar-refractivity contribution in [2.75, 3.05) is 0 Å². The number of hydrogen-bond donors (Lipinski definition) is 1. The van der Waals surface area contributed by atoms with Gasteiger partial charge in [0.25, 0.3) is 0 Å². The monoisotopic (exact) mass is 291 g/mol. The van der Waals surface area contributed by atoms with Gasteiger partial charge in [-0.1, -0.05) is 18.2 Å². The van der Waals surface area contributed by atoms with E-state index in [-0.39, 0.29) is 11.7 Å². The number of esters is 1. The first-order chi connectivity index (χ1) is 9.84. The number of ether oxygens (including phenoxy) is 1. The van der Waals surface area contributed by atoms with E-state index in [4.69, 9.17) is 4.74 Å². The molecule has 0 bridgehead atoms. The van der Waals surface area contributed by atoms with Gasteiger partial charge >= 0.3 is 5.97 Å². The molecule has 1 N–H and O–H groups in total. The van der Waals surface area contributed by atoms with Crippen LogP contribution in [0.3, 0.4) is 0 Å². The van der Waals surface area contributed by atoms with Gasteiger partial charge in [0.2, 0.25) is 5.91 Å². The lowest BCUT2D eigenvalue weighted by Gasteiger charge is -2.19. The summed E-state index contributed by atoms with van der Waals surface area (Å²) < 4.78 is 19.1. The Morgan fingerprint density at radius 3 is 2.52 bits per heavy atom. The molecule has 1 atom stereocenters. The Morgan fingerprint density at radius 1 is 1.33 bits per heavy atom. The summed E-state index contributed by atoms with van der Waals surface area (Å²) in [5.74, 6) is -1.08. The van der Waals surface area contributed by atoms with Crippen molar-refractivity contribution >= 4 is 11.9 Å². The van der Waals surface area contributed by atoms with Crippen LogP contribution in [0.2, 0.25) is 0 Å². The largest absolute Gasteiger partial charge is 0.458 e. The molecule has 1 aliphatic heterocycles. The smallest absolute Gasteiger partial charge is 0.329 e. The fraction of sp³-hybridized carbons (Fsp3) is 0.500. The number of carbonyl (C=O) groups excluding carboxylic acids is 2. The topological polar surface area (TPSA) is 55.4 Å². The predicted molar refractivity (Wildman–Crippen MR) is 74.0 cm³/mol. The van der Waals surface area contributed by atoms with Crippen LogP contribution in [0.4, 0.5) is 4.39 Å². The molecular weight excluding hydrogens is 273 g/mol. The van der Waals surface area contributed by atoms with Crippen molar-refractivity contribution < 1.29 is 18.7 Å². The van der Waals surface area contributed by atoms with E-state index in [2.05, 4.69) is 5.32 Å². The van der Waals surface area contributed by atoms with Crippen LogP contribution >= 0.6 is 0 Å². The highest BCUT2D eigenvalue weighted by molar-refractivity contribution is 5.94. The number of amides is 1. The highest BCUT2D eigenvalue weighted by Crippen LogP contribution is 2.49. The molecule has 1 heterocycles. The second kappa shape index (κ2) is 4.55. The quantitative estimate of drug-likeness (QED) is 0.867. The standard InChI is InChI=1S/C16H18FNO3/c1-15(2)9-12(13(19)21-15)18-14(20)16(7-8-16)10-5-3-4-6-11(10)17/h3-6,12H,7-9H2,1-2H3,(H,18,20)/t12-/m1/s1. The maximum atomic E-state index is 13.9. The van der Waals surface area contributed by atoms with Gasteiger partial charge in [-0.15, -0.1) is 0 Å². The van der Waals surface area contributed by atoms with Crippen LogP contribution in [-0.4, -0.2) is 23.5 Å². The third kappa shape index (κ3) is 2.41. The first kappa shape index (κ1) is 14.0. The predicted octanol–water partition coefficient (Wildman–Crippen LogP) is 2.07. The van der Waals surface area contributed by atoms with Crippen LogP contribution in [0.25, 0.3) is 0 Å². The van der Waals surface area contributed by atoms with Gasteiger partial charge in [0.15, 0.2) is 0 Å². The van der Waals surface area contributed by atoms with Gasteiger partial charge in [-0.05, 0) is 32.8 Å². The van der Waals surface area contributed by atoms with Crippen molar-refractivity contribution in [3.63, 3.8) is 0 Å². The molecule has 4 nitrogen and oxygen atoms in total. The molecule has 5 heteroatoms. The van der Waals surface area contributed by atoms with Crippen LogP contribution in [0.1, 0.15) is 38.7 Å². The lowest BCUT2D eigenvalue weighted by Crippen LogP contribution is -2.44. The highest BCUT2D eigenvalue weighted by atomic mass is 19.1. The van der Waals surface area contributed by atoms with Crippen molar-refractivity contribution in [2.24, 2.45) is 0 Å². The van der Waals surface area contributed by atoms with Gasteiger partial charge in [-0.25, -0.2) is 9.18 Å². The molecule has 1 aromatic carbocycles. The fourth-order valence-corrected chi connectivity index (χ4v) is 2.96. The third-order valence-corrected chi connectivity index (χ3v) is 4.24. The minimum Gasteiger partial charge on any atom is -0.458 e. The molecule has 2 aliphatic rings. The molecule has 21 heavy (non-hydrogen) atoms. The van der Waals surface area contributed by atoms with Crippen LogP contribution in [0.5, 0.6) is 0 Å². The first-order valence-electron chi connectivity index (χ1n) is 7.13. The van der Waals surface area contributed by atoms with Crippen molar-refractivity contribution in [2.45, 2.75) is 50.2 Å². The zero-order valence-electron chi connectivity index (χ0n) is 12.1. The molecule has 0 radical (unpaired) electrons. The maximum Gasteiger partial charge on any atom is 0.329 e. The Morgan fingerprint density at radius 2 is 2.00 bits per heavy atom. The highest BCUT2D eigenvalue weighted by Gasteiger charge is 2.54. The fourth-order valence-electron chi connectivity index (χ4n) is 2.96. The summed E-state index contributed by atoms with van der Waals surface area (Å²) in [5.41, 5.74) is -0.977. The van der Waals surface area contributed by atoms with E-state index in [9.17, 15) is 14.0 Å². The summed E-state index contributed by atoms with van der Waals surface area (Å²) in [5, 5.41) is 2.73. The molecule has 112 valence electrons. The first-order valence-corrected chi connectivity index (χ1v) is 7.13. The van der Waals surface area contributed by atoms with Crippen molar-refractivity contribution in [3.8, 4) is 0 Å². The summed E-state index contributed by atoms with van der Waals surface area (Å²) in [4.78, 5) is 24.3. The van der Waals surface area contributed by atoms with E-state index < -0.39 is 23.0 Å². The summed E-state index contributed by atoms with van der Waals surface area (Å²) in [6.45, 7) is 3.61. The summed E-state index contributed by atoms with van der Waals surface area (Å²) in [6.07, 6.45) is 1.64. The summed E-state index contributed by atoms with van der Waals surface area (Å²) in [6, 6.07) is 5.67. The molecule has 3 rings (SSSR count). The molecular formula is C16H18FNO3. The van der Waals surface area contributed by atoms with E-state index in [1.54, 1.807) is 32.0 Å². The normalized spacial score (nSPS) is 25.3. The Hall–Kier alpha value is -1.91. The lowest BCUT2D eigenvalue weighted by atomic mass is 9.93. The van der Waals surface area contributed by atoms with Crippen molar-refractivity contribution in [3.05, 3.63) is 35.6 Å². The van der Waals surface area contributed by atoms with E-state index in [1.807, 2.05) is 0 Å². The third-order valence-electron chi connectivity index (χ3n) is 4.24. The second-order valence-electron chi connectivity index (χ2n) is 6.47. The van der Waals surface area contributed by atoms with Crippen LogP contribution in [-0.2, 0) is 19.7 Å². The summed E-state index contributed by atoms with van der Waals surface area (Å²) >= 11 is 0. The number of hydrogen-bond acceptors (Lipinski definition) is 3. The maximum absolute atomic E-state index is 13.9. The lowest BCUT2D eigenvalue weighted by molar-refractivity contribution is -0.148. The molecule has 1 saturated heterocycles. The molecule has 0 aromatic heterocycles. The molecule has 2 fully saturated rings. The van der Waals surface area contributed by atoms with Gasteiger partial charge in [0, 0.05) is 12.0 Å². The van der Waals surface area contributed by atoms with Gasteiger partial charge < -0.3 is 10.1 Å². The minimum atomic E-state index is -0.821. The Labute approximate surface area is 122 Å². The number of rotatable bonds is 3. The van der Waals surface area contributed by atoms with Crippen LogP contribution in [0, 0.1) is 5.82 Å². The molecule has 1 aromatic rings. The number of carbonyl (C=O) groups is 2. The van der Waals surface area contributed by atoms with E-state index in [0.717, 1.165) is 0 Å². The zero-order valence-corrected chi connectivity index (χ0v) is 12.1. The molecule has 1 amide bonds. The number of benzene rings is 1. The Balaban J connectivity index is 1.78. The van der Waals surface area contributed by atoms with Gasteiger partial charge in [0.05, 0.1) is 5.41 Å². The zero-order chi connectivity index (χ0) is 15.3. The second-order valence-corrected chi connectivity index (χ2v) is 6.47. The average Bonchev–Trinajstić information content (AvgIpc) is 3.14. The average molecular weight is 291 g/mol. The SMILES string of the molecule is CC1(C)C[C@@H](NC(=O)C2(c3ccccc3F)CC2)C(=O)O1. The molecule has 1 aliphatic carbocycles. The number of cyclic esters (lactones) is 1. The molecule has 1 saturated carbocycles. The van der Waals surface area contributed by atoms with E-state index >= 15 is 0 Å². The van der Waals surface area contributed by atoms with Crippen molar-refractivity contribution in [1.29, 1.82) is 0 Å². The van der Waals surface area contributed by atoms with Crippen molar-refractivity contribution in [1.82, 2.24) is 5.32 Å². The minimum absolute atomic E-state index is 0.285. The molecule has 0 spiro atoms. The van der Waals surface area contributed by atoms with Gasteiger partial charge in [-0.2, -0.15) is 0 Å². The van der Waals surface area contributed by atoms with E-state index in [1.165, 1.54) is 6.07 Å². The van der Waals surface area contributed by atoms with Crippen LogP contribution < -0.4 is 5.32 Å². The Bertz CT molecular complexity index is 607. The summed E-state index contributed by atoms with van der Waals surface area (Å²) in [7, 11) is 0. The molecule has 0 unspecified atom stereocenters. The van der Waals surface area contributed by atoms with E-state index in [0.29, 0.717) is 24.8 Å². The van der Waals surface area contributed by atoms with Gasteiger partial charge in [-0.3, -0.25) is 4.79 Å².